The molecular formula is C24H22N2O2S2. The second-order valence-corrected chi connectivity index (χ2v) is 9.32. The molecule has 0 saturated heterocycles. The Bertz CT molecular complexity index is 1200. The Labute approximate surface area is 183 Å². The molecule has 0 N–H and O–H groups in total. The number of para-hydroxylation sites is 1. The lowest BCUT2D eigenvalue weighted by Crippen LogP contribution is -2.30. The molecule has 5 rings (SSSR count). The summed E-state index contributed by atoms with van der Waals surface area (Å²) in [4.78, 5) is 21.4. The van der Waals surface area contributed by atoms with Gasteiger partial charge in [-0.25, -0.2) is 4.98 Å². The van der Waals surface area contributed by atoms with Gasteiger partial charge in [0.1, 0.15) is 5.76 Å². The summed E-state index contributed by atoms with van der Waals surface area (Å²) in [5.41, 5.74) is 4.35. The number of amides is 1. The Morgan fingerprint density at radius 1 is 1.13 bits per heavy atom. The minimum Gasteiger partial charge on any atom is -0.467 e. The van der Waals surface area contributed by atoms with Gasteiger partial charge in [0.25, 0.3) is 5.91 Å². The number of hydrogen-bond donors (Lipinski definition) is 0. The third-order valence-corrected chi connectivity index (χ3v) is 7.37. The Morgan fingerprint density at radius 3 is 2.80 bits per heavy atom. The zero-order valence-electron chi connectivity index (χ0n) is 16.8. The number of carbonyl (C=O) groups excluding carboxylic acids is 1. The third kappa shape index (κ3) is 3.66. The number of benzene rings is 2. The molecule has 6 heteroatoms. The Balaban J connectivity index is 1.56. The fourth-order valence-electron chi connectivity index (χ4n) is 4.00. The molecule has 0 atom stereocenters. The van der Waals surface area contributed by atoms with Crippen molar-refractivity contribution in [2.24, 2.45) is 0 Å². The van der Waals surface area contributed by atoms with Crippen LogP contribution in [0.4, 0.5) is 5.13 Å². The van der Waals surface area contributed by atoms with Gasteiger partial charge in [-0.05, 0) is 79.5 Å². The molecule has 0 bridgehead atoms. The van der Waals surface area contributed by atoms with Gasteiger partial charge in [-0.3, -0.25) is 9.69 Å². The van der Waals surface area contributed by atoms with Crippen LogP contribution in [0.3, 0.4) is 0 Å². The number of nitrogens with zero attached hydrogens (tertiary/aromatic N) is 2. The molecule has 152 valence electrons. The van der Waals surface area contributed by atoms with Gasteiger partial charge < -0.3 is 4.42 Å². The van der Waals surface area contributed by atoms with Gasteiger partial charge in [-0.15, -0.1) is 11.8 Å². The predicted octanol–water partition coefficient (Wildman–Crippen LogP) is 6.34. The summed E-state index contributed by atoms with van der Waals surface area (Å²) < 4.78 is 6.64. The maximum atomic E-state index is 13.6. The molecule has 2 aromatic heterocycles. The second-order valence-electron chi connectivity index (χ2n) is 7.46. The van der Waals surface area contributed by atoms with E-state index in [4.69, 9.17) is 9.40 Å². The van der Waals surface area contributed by atoms with E-state index in [1.54, 1.807) is 34.3 Å². The van der Waals surface area contributed by atoms with E-state index in [2.05, 4.69) is 24.3 Å². The van der Waals surface area contributed by atoms with Crippen molar-refractivity contribution in [3.05, 3.63) is 77.2 Å². The molecular weight excluding hydrogens is 412 g/mol. The smallest absolute Gasteiger partial charge is 0.260 e. The molecule has 0 radical (unpaired) electrons. The van der Waals surface area contributed by atoms with Crippen molar-refractivity contribution in [2.75, 3.05) is 11.2 Å². The van der Waals surface area contributed by atoms with Gasteiger partial charge in [0, 0.05) is 10.5 Å². The van der Waals surface area contributed by atoms with E-state index in [0.29, 0.717) is 17.2 Å². The molecule has 0 spiro atoms. The number of rotatable bonds is 5. The van der Waals surface area contributed by atoms with Crippen LogP contribution in [0, 0.1) is 0 Å². The van der Waals surface area contributed by atoms with E-state index in [0.717, 1.165) is 33.7 Å². The summed E-state index contributed by atoms with van der Waals surface area (Å²) in [6.45, 7) is 0.358. The Kier molecular flexibility index (Phi) is 5.35. The van der Waals surface area contributed by atoms with Crippen molar-refractivity contribution in [3.63, 3.8) is 0 Å². The molecule has 2 aromatic carbocycles. The average Bonchev–Trinajstić information content (AvgIpc) is 3.46. The molecule has 0 fully saturated rings. The highest BCUT2D eigenvalue weighted by atomic mass is 32.2. The largest absolute Gasteiger partial charge is 0.467 e. The maximum absolute atomic E-state index is 13.6. The van der Waals surface area contributed by atoms with Crippen LogP contribution in [0.25, 0.3) is 10.2 Å². The highest BCUT2D eigenvalue weighted by Crippen LogP contribution is 2.35. The standard InChI is InChI=1S/C24H22N2O2S2/c1-29-20-9-4-10-21-22(20)25-24(30-21)26(15-19-8-5-13-28-19)23(27)18-12-11-16-6-2-3-7-17(16)14-18/h4-5,8-14H,2-3,6-7,15H2,1H3. The van der Waals surface area contributed by atoms with Gasteiger partial charge in [-0.1, -0.05) is 23.5 Å². The third-order valence-electron chi connectivity index (χ3n) is 5.56. The number of thiazole rings is 1. The van der Waals surface area contributed by atoms with Gasteiger partial charge >= 0.3 is 0 Å². The minimum absolute atomic E-state index is 0.0375. The van der Waals surface area contributed by atoms with Crippen LogP contribution in [-0.4, -0.2) is 17.1 Å². The van der Waals surface area contributed by atoms with Crippen LogP contribution in [0.1, 0.15) is 40.1 Å². The van der Waals surface area contributed by atoms with Crippen molar-refractivity contribution in [1.29, 1.82) is 0 Å². The summed E-state index contributed by atoms with van der Waals surface area (Å²) >= 11 is 3.22. The SMILES string of the molecule is CSc1cccc2sc(N(Cc3ccco3)C(=O)c3ccc4c(c3)CCCC4)nc12. The van der Waals surface area contributed by atoms with Gasteiger partial charge in [0.2, 0.25) is 0 Å². The first-order chi connectivity index (χ1) is 14.7. The van der Waals surface area contributed by atoms with E-state index in [1.165, 1.54) is 24.0 Å². The molecule has 4 aromatic rings. The van der Waals surface area contributed by atoms with Crippen molar-refractivity contribution >= 4 is 44.4 Å². The van der Waals surface area contributed by atoms with Crippen LogP contribution in [0.2, 0.25) is 0 Å². The summed E-state index contributed by atoms with van der Waals surface area (Å²) in [6.07, 6.45) is 8.26. The van der Waals surface area contributed by atoms with Gasteiger partial charge in [0.05, 0.1) is 23.0 Å². The monoisotopic (exact) mass is 434 g/mol. The summed E-state index contributed by atoms with van der Waals surface area (Å²) in [6, 6.07) is 16.1. The quantitative estimate of drug-likeness (QED) is 0.344. The molecule has 1 amide bonds. The van der Waals surface area contributed by atoms with E-state index in [9.17, 15) is 4.79 Å². The first-order valence-electron chi connectivity index (χ1n) is 10.1. The average molecular weight is 435 g/mol. The maximum Gasteiger partial charge on any atom is 0.260 e. The fraction of sp³-hybridized carbons (Fsp3) is 0.250. The number of hydrogen-bond acceptors (Lipinski definition) is 5. The van der Waals surface area contributed by atoms with E-state index >= 15 is 0 Å². The Hall–Kier alpha value is -2.57. The van der Waals surface area contributed by atoms with Gasteiger partial charge in [0.15, 0.2) is 5.13 Å². The minimum atomic E-state index is -0.0375. The molecule has 2 heterocycles. The van der Waals surface area contributed by atoms with E-state index < -0.39 is 0 Å². The van der Waals surface area contributed by atoms with Crippen LogP contribution in [-0.2, 0) is 19.4 Å². The lowest BCUT2D eigenvalue weighted by atomic mass is 9.90. The van der Waals surface area contributed by atoms with Crippen LogP contribution >= 0.6 is 23.1 Å². The molecule has 1 aliphatic carbocycles. The summed E-state index contributed by atoms with van der Waals surface area (Å²) in [5.74, 6) is 0.704. The highest BCUT2D eigenvalue weighted by molar-refractivity contribution is 7.98. The zero-order valence-corrected chi connectivity index (χ0v) is 18.4. The Morgan fingerprint density at radius 2 is 2.00 bits per heavy atom. The number of carbonyl (C=O) groups is 1. The molecule has 1 aliphatic rings. The zero-order chi connectivity index (χ0) is 20.5. The second kappa shape index (κ2) is 8.28. The van der Waals surface area contributed by atoms with Crippen LogP contribution in [0.15, 0.2) is 64.1 Å². The lowest BCUT2D eigenvalue weighted by molar-refractivity contribution is 0.0983. The summed E-state index contributed by atoms with van der Waals surface area (Å²) in [5, 5.41) is 0.700. The topological polar surface area (TPSA) is 46.3 Å². The first kappa shape index (κ1) is 19.4. The molecule has 0 unspecified atom stereocenters. The highest BCUT2D eigenvalue weighted by Gasteiger charge is 2.24. The van der Waals surface area contributed by atoms with Crippen molar-refractivity contribution in [1.82, 2.24) is 4.98 Å². The van der Waals surface area contributed by atoms with Crippen molar-refractivity contribution in [2.45, 2.75) is 37.1 Å². The molecule has 0 aliphatic heterocycles. The van der Waals surface area contributed by atoms with Gasteiger partial charge in [-0.2, -0.15) is 0 Å². The fourth-order valence-corrected chi connectivity index (χ4v) is 5.62. The number of anilines is 1. The summed E-state index contributed by atoms with van der Waals surface area (Å²) in [7, 11) is 0. The molecule has 4 nitrogen and oxygen atoms in total. The number of thioether (sulfide) groups is 1. The number of furan rings is 1. The van der Waals surface area contributed by atoms with Crippen LogP contribution in [0.5, 0.6) is 0 Å². The van der Waals surface area contributed by atoms with Crippen molar-refractivity contribution in [3.8, 4) is 0 Å². The van der Waals surface area contributed by atoms with E-state index in [1.807, 2.05) is 30.5 Å². The number of aromatic nitrogens is 1. The first-order valence-corrected chi connectivity index (χ1v) is 12.2. The number of fused-ring (bicyclic) bond motifs is 2. The van der Waals surface area contributed by atoms with Crippen LogP contribution < -0.4 is 4.90 Å². The van der Waals surface area contributed by atoms with Crippen molar-refractivity contribution < 1.29 is 9.21 Å². The normalized spacial score (nSPS) is 13.4. The number of aryl methyl sites for hydroxylation is 2. The molecule has 0 saturated carbocycles. The predicted molar refractivity (Wildman–Crippen MR) is 124 cm³/mol. The molecule has 30 heavy (non-hydrogen) atoms. The van der Waals surface area contributed by atoms with E-state index in [-0.39, 0.29) is 5.91 Å². The lowest BCUT2D eigenvalue weighted by Gasteiger charge is -2.21.